The summed E-state index contributed by atoms with van der Waals surface area (Å²) < 4.78 is 6.64. The van der Waals surface area contributed by atoms with Crippen molar-refractivity contribution in [2.75, 3.05) is 0 Å². The smallest absolute Gasteiger partial charge is 0.287 e. The Labute approximate surface area is 170 Å². The molecule has 0 spiro atoms. The lowest BCUT2D eigenvalue weighted by Crippen LogP contribution is -2.22. The van der Waals surface area contributed by atoms with Crippen molar-refractivity contribution in [2.24, 2.45) is 0 Å². The monoisotopic (exact) mass is 407 g/mol. The number of thioether (sulfide) groups is 1. The van der Waals surface area contributed by atoms with Crippen LogP contribution in [0.1, 0.15) is 22.0 Å². The topological polar surface area (TPSA) is 68.0 Å². The van der Waals surface area contributed by atoms with Crippen LogP contribution in [-0.4, -0.2) is 15.9 Å². The third-order valence-electron chi connectivity index (χ3n) is 3.93. The van der Waals surface area contributed by atoms with Gasteiger partial charge in [0.2, 0.25) is 0 Å². The second-order valence-corrected chi connectivity index (χ2v) is 8.00. The lowest BCUT2D eigenvalue weighted by molar-refractivity contribution is 0.0921. The number of furan rings is 1. The van der Waals surface area contributed by atoms with Crippen molar-refractivity contribution in [3.05, 3.63) is 89.5 Å². The zero-order valence-electron chi connectivity index (χ0n) is 14.9. The number of pyridine rings is 1. The molecule has 4 aromatic rings. The number of nitrogens with zero attached hydrogens (tertiary/aromatic N) is 2. The van der Waals surface area contributed by atoms with E-state index in [1.165, 1.54) is 0 Å². The van der Waals surface area contributed by atoms with Crippen molar-refractivity contribution in [2.45, 2.75) is 16.6 Å². The van der Waals surface area contributed by atoms with E-state index in [2.05, 4.69) is 20.7 Å². The summed E-state index contributed by atoms with van der Waals surface area (Å²) in [4.78, 5) is 21.1. The van der Waals surface area contributed by atoms with E-state index in [-0.39, 0.29) is 5.91 Å². The molecule has 0 atom stereocenters. The van der Waals surface area contributed by atoms with Crippen LogP contribution in [0.5, 0.6) is 0 Å². The highest BCUT2D eigenvalue weighted by Gasteiger charge is 2.12. The van der Waals surface area contributed by atoms with Crippen LogP contribution in [0.2, 0.25) is 0 Å². The van der Waals surface area contributed by atoms with Crippen molar-refractivity contribution < 1.29 is 9.21 Å². The van der Waals surface area contributed by atoms with E-state index in [0.29, 0.717) is 18.1 Å². The van der Waals surface area contributed by atoms with Gasteiger partial charge in [-0.1, -0.05) is 48.2 Å². The van der Waals surface area contributed by atoms with E-state index in [1.807, 2.05) is 54.6 Å². The average molecular weight is 408 g/mol. The molecule has 0 aliphatic heterocycles. The van der Waals surface area contributed by atoms with Crippen LogP contribution in [0, 0.1) is 0 Å². The summed E-state index contributed by atoms with van der Waals surface area (Å²) in [6.07, 6.45) is 1.70. The van der Waals surface area contributed by atoms with Gasteiger partial charge in [0.1, 0.15) is 5.76 Å². The molecule has 0 fully saturated rings. The van der Waals surface area contributed by atoms with E-state index in [4.69, 9.17) is 4.42 Å². The Morgan fingerprint density at radius 1 is 1.07 bits per heavy atom. The van der Waals surface area contributed by atoms with Gasteiger partial charge in [-0.3, -0.25) is 9.78 Å². The number of carbonyl (C=O) groups is 1. The number of hydrogen-bond acceptors (Lipinski definition) is 6. The van der Waals surface area contributed by atoms with E-state index in [0.717, 1.165) is 27.1 Å². The first-order chi connectivity index (χ1) is 13.8. The second kappa shape index (κ2) is 8.86. The highest BCUT2D eigenvalue weighted by atomic mass is 32.2. The molecule has 140 valence electrons. The Morgan fingerprint density at radius 2 is 1.93 bits per heavy atom. The maximum atomic E-state index is 12.2. The lowest BCUT2D eigenvalue weighted by Gasteiger charge is -2.02. The Balaban J connectivity index is 1.31. The minimum absolute atomic E-state index is 0.248. The van der Waals surface area contributed by atoms with Gasteiger partial charge in [0.05, 0.1) is 23.7 Å². The molecule has 0 unspecified atom stereocenters. The third kappa shape index (κ3) is 4.68. The highest BCUT2D eigenvalue weighted by Crippen LogP contribution is 2.30. The van der Waals surface area contributed by atoms with Gasteiger partial charge in [0, 0.05) is 17.1 Å². The molecule has 28 heavy (non-hydrogen) atoms. The van der Waals surface area contributed by atoms with Crippen molar-refractivity contribution in [3.63, 3.8) is 0 Å². The summed E-state index contributed by atoms with van der Waals surface area (Å²) in [5, 5.41) is 4.86. The molecule has 0 radical (unpaired) electrons. The van der Waals surface area contributed by atoms with Gasteiger partial charge >= 0.3 is 0 Å². The molecule has 0 aliphatic rings. The van der Waals surface area contributed by atoms with Crippen molar-refractivity contribution in [3.8, 4) is 11.3 Å². The summed E-state index contributed by atoms with van der Waals surface area (Å²) >= 11 is 3.20. The van der Waals surface area contributed by atoms with E-state index < -0.39 is 0 Å². The number of rotatable bonds is 7. The molecule has 0 aliphatic carbocycles. The average Bonchev–Trinajstić information content (AvgIpc) is 3.42. The second-order valence-electron chi connectivity index (χ2n) is 5.92. The Morgan fingerprint density at radius 3 is 2.75 bits per heavy atom. The summed E-state index contributed by atoms with van der Waals surface area (Å²) in [6.45, 7) is 0.367. The normalized spacial score (nSPS) is 10.7. The summed E-state index contributed by atoms with van der Waals surface area (Å²) in [5.74, 6) is 1.41. The van der Waals surface area contributed by atoms with Crippen molar-refractivity contribution >= 4 is 29.0 Å². The van der Waals surface area contributed by atoms with Crippen LogP contribution >= 0.6 is 23.1 Å². The van der Waals surface area contributed by atoms with Gasteiger partial charge in [-0.25, -0.2) is 4.98 Å². The molecular formula is C21H17N3O2S2. The molecule has 0 saturated carbocycles. The van der Waals surface area contributed by atoms with Crippen LogP contribution in [0.3, 0.4) is 0 Å². The predicted octanol–water partition coefficient (Wildman–Crippen LogP) is 5.02. The van der Waals surface area contributed by atoms with Gasteiger partial charge in [-0.15, -0.1) is 11.3 Å². The molecule has 0 bridgehead atoms. The number of hydrogen-bond donors (Lipinski definition) is 1. The number of aromatic nitrogens is 2. The maximum Gasteiger partial charge on any atom is 0.287 e. The van der Waals surface area contributed by atoms with E-state index in [9.17, 15) is 4.79 Å². The van der Waals surface area contributed by atoms with Gasteiger partial charge in [-0.05, 0) is 24.3 Å². The number of thiazole rings is 1. The number of carbonyl (C=O) groups excluding carboxylic acids is 1. The van der Waals surface area contributed by atoms with E-state index >= 15 is 0 Å². The minimum Gasteiger partial charge on any atom is -0.455 e. The SMILES string of the molecule is O=C(NCc1ccccn1)c1ccc(CSc2nc(-c3ccccc3)cs2)o1. The first-order valence-electron chi connectivity index (χ1n) is 8.68. The predicted molar refractivity (Wildman–Crippen MR) is 111 cm³/mol. The molecular weight excluding hydrogens is 390 g/mol. The van der Waals surface area contributed by atoms with Gasteiger partial charge in [0.15, 0.2) is 10.1 Å². The molecule has 1 aromatic carbocycles. The fourth-order valence-electron chi connectivity index (χ4n) is 2.54. The Hall–Kier alpha value is -2.90. The number of amides is 1. The minimum atomic E-state index is -0.248. The van der Waals surface area contributed by atoms with Crippen LogP contribution < -0.4 is 5.32 Å². The molecule has 7 heteroatoms. The summed E-state index contributed by atoms with van der Waals surface area (Å²) in [5.41, 5.74) is 2.88. The van der Waals surface area contributed by atoms with Crippen LogP contribution in [0.15, 0.2) is 81.0 Å². The Bertz CT molecular complexity index is 1050. The third-order valence-corrected chi connectivity index (χ3v) is 5.98. The highest BCUT2D eigenvalue weighted by molar-refractivity contribution is 8.00. The molecule has 0 saturated heterocycles. The number of nitrogens with one attached hydrogen (secondary N) is 1. The fraction of sp³-hybridized carbons (Fsp3) is 0.0952. The van der Waals surface area contributed by atoms with Crippen LogP contribution in [0.4, 0.5) is 0 Å². The fourth-order valence-corrected chi connectivity index (χ4v) is 4.27. The molecule has 1 N–H and O–H groups in total. The molecule has 5 nitrogen and oxygen atoms in total. The summed E-state index contributed by atoms with van der Waals surface area (Å²) in [7, 11) is 0. The van der Waals surface area contributed by atoms with Crippen molar-refractivity contribution in [1.29, 1.82) is 0 Å². The zero-order valence-corrected chi connectivity index (χ0v) is 16.5. The molecule has 3 heterocycles. The number of benzene rings is 1. The Kier molecular flexibility index (Phi) is 5.84. The molecule has 1 amide bonds. The first kappa shape index (κ1) is 18.5. The van der Waals surface area contributed by atoms with Gasteiger partial charge in [0.25, 0.3) is 5.91 Å². The first-order valence-corrected chi connectivity index (χ1v) is 10.5. The quantitative estimate of drug-likeness (QED) is 0.436. The van der Waals surface area contributed by atoms with E-state index in [1.54, 1.807) is 35.4 Å². The molecule has 4 rings (SSSR count). The summed E-state index contributed by atoms with van der Waals surface area (Å²) in [6, 6.07) is 19.2. The largest absolute Gasteiger partial charge is 0.455 e. The molecule has 3 aromatic heterocycles. The lowest BCUT2D eigenvalue weighted by atomic mass is 10.2. The van der Waals surface area contributed by atoms with Gasteiger partial charge in [-0.2, -0.15) is 0 Å². The standard InChI is InChI=1S/C21H17N3O2S2/c25-20(23-12-16-8-4-5-11-22-16)19-10-9-17(26-19)13-27-21-24-18(14-28-21)15-6-2-1-3-7-15/h1-11,14H,12-13H2,(H,23,25). The zero-order chi connectivity index (χ0) is 19.2. The van der Waals surface area contributed by atoms with Crippen LogP contribution in [-0.2, 0) is 12.3 Å². The maximum absolute atomic E-state index is 12.2. The van der Waals surface area contributed by atoms with Crippen LogP contribution in [0.25, 0.3) is 11.3 Å². The van der Waals surface area contributed by atoms with Gasteiger partial charge < -0.3 is 9.73 Å². The van der Waals surface area contributed by atoms with Crippen molar-refractivity contribution in [1.82, 2.24) is 15.3 Å².